The van der Waals surface area contributed by atoms with E-state index in [0.717, 1.165) is 51.3 Å². The molecule has 496 valence electrons. The number of hydrogen-bond acceptors (Lipinski definition) is 6. The molecule has 12 aromatic rings. The lowest BCUT2D eigenvalue weighted by molar-refractivity contribution is 0.400. The second-order valence-electron chi connectivity index (χ2n) is 33.8. The lowest BCUT2D eigenvalue weighted by Crippen LogP contribution is -2.60. The zero-order valence-corrected chi connectivity index (χ0v) is 61.3. The number of para-hydroxylation sites is 4. The first-order valence-electron chi connectivity index (χ1n) is 36.5. The van der Waals surface area contributed by atoms with Crippen molar-refractivity contribution in [3.05, 3.63) is 269 Å². The molecule has 1 spiro atoms. The molecule has 6 aliphatic rings. The summed E-state index contributed by atoms with van der Waals surface area (Å²) in [7, 11) is 0. The van der Waals surface area contributed by atoms with Gasteiger partial charge in [0.25, 0.3) is 6.71 Å². The molecule has 0 N–H and O–H groups in total. The van der Waals surface area contributed by atoms with Crippen molar-refractivity contribution in [2.24, 2.45) is 11.8 Å². The Morgan fingerprint density at radius 2 is 0.930 bits per heavy atom. The van der Waals surface area contributed by atoms with Crippen molar-refractivity contribution in [1.29, 1.82) is 0 Å². The molecule has 7 heteroatoms. The second kappa shape index (κ2) is 22.2. The fourth-order valence-corrected chi connectivity index (χ4v) is 20.0. The van der Waals surface area contributed by atoms with E-state index in [9.17, 15) is 0 Å². The highest BCUT2D eigenvalue weighted by atomic mass is 32.1. The highest BCUT2D eigenvalue weighted by molar-refractivity contribution is 7.33. The van der Waals surface area contributed by atoms with Gasteiger partial charge in [-0.15, -0.1) is 11.3 Å². The molecule has 5 nitrogen and oxygen atoms in total. The molecule has 0 atom stereocenters. The number of hydrogen-bond donors (Lipinski definition) is 0. The molecule has 18 rings (SSSR count). The average Bonchev–Trinajstić information content (AvgIpc) is 1.42. The second-order valence-corrected chi connectivity index (χ2v) is 34.9. The van der Waals surface area contributed by atoms with Gasteiger partial charge in [-0.2, -0.15) is 0 Å². The topological polar surface area (TPSA) is 22.2 Å². The van der Waals surface area contributed by atoms with E-state index in [4.69, 9.17) is 4.74 Å². The van der Waals surface area contributed by atoms with Crippen LogP contribution in [0.2, 0.25) is 0 Å². The molecule has 1 aromatic heterocycles. The van der Waals surface area contributed by atoms with E-state index in [1.54, 1.807) is 5.56 Å². The van der Waals surface area contributed by atoms with Crippen LogP contribution in [0.3, 0.4) is 0 Å². The largest absolute Gasteiger partial charge is 0.453 e. The quantitative estimate of drug-likeness (QED) is 0.148. The van der Waals surface area contributed by atoms with Crippen LogP contribution in [0.1, 0.15) is 153 Å². The molecule has 11 aromatic carbocycles. The summed E-state index contributed by atoms with van der Waals surface area (Å²) in [6.07, 6.45) is 5.09. The van der Waals surface area contributed by atoms with Crippen LogP contribution in [0, 0.1) is 25.7 Å². The van der Waals surface area contributed by atoms with Gasteiger partial charge < -0.3 is 24.3 Å². The average molecular weight is 1320 g/mol. The summed E-state index contributed by atoms with van der Waals surface area (Å²) in [5.74, 6) is 2.85. The van der Waals surface area contributed by atoms with Crippen molar-refractivity contribution < 1.29 is 4.74 Å². The minimum atomic E-state index is -0.141. The Kier molecular flexibility index (Phi) is 13.9. The van der Waals surface area contributed by atoms with E-state index in [2.05, 4.69) is 341 Å². The molecule has 100 heavy (non-hydrogen) atoms. The number of nitrogens with zero attached hydrogens (tertiary/aromatic N) is 4. The van der Waals surface area contributed by atoms with Gasteiger partial charge >= 0.3 is 0 Å². The van der Waals surface area contributed by atoms with Crippen LogP contribution >= 0.6 is 11.3 Å². The van der Waals surface area contributed by atoms with Crippen molar-refractivity contribution in [2.45, 2.75) is 150 Å². The number of ether oxygens (including phenoxy) is 1. The predicted molar refractivity (Wildman–Crippen MR) is 427 cm³/mol. The molecular formula is C93H89BN4OS. The number of fused-ring (bicyclic) bond motifs is 11. The van der Waals surface area contributed by atoms with Gasteiger partial charge in [0.05, 0.1) is 22.7 Å². The number of thiophene rings is 1. The minimum absolute atomic E-state index is 0.00962. The van der Waals surface area contributed by atoms with Crippen molar-refractivity contribution in [3.8, 4) is 33.8 Å². The van der Waals surface area contributed by atoms with Crippen LogP contribution in [0.15, 0.2) is 224 Å². The zero-order chi connectivity index (χ0) is 68.8. The van der Waals surface area contributed by atoms with Crippen LogP contribution in [-0.4, -0.2) is 6.71 Å². The van der Waals surface area contributed by atoms with Gasteiger partial charge in [0, 0.05) is 65.8 Å². The van der Waals surface area contributed by atoms with Gasteiger partial charge in [-0.05, 0) is 260 Å². The van der Waals surface area contributed by atoms with Crippen LogP contribution < -0.4 is 40.0 Å². The van der Waals surface area contributed by atoms with E-state index in [-0.39, 0.29) is 33.8 Å². The maximum absolute atomic E-state index is 6.89. The highest BCUT2D eigenvalue weighted by Crippen LogP contribution is 2.68. The van der Waals surface area contributed by atoms with Crippen molar-refractivity contribution >= 4 is 112 Å². The Balaban J connectivity index is 0.948. The van der Waals surface area contributed by atoms with Crippen LogP contribution in [-0.2, 0) is 27.1 Å². The molecule has 2 fully saturated rings. The third-order valence-electron chi connectivity index (χ3n) is 23.6. The standard InChI is InChI=1S/C93H89BN4OS/c1-56-49-64(92(12,13)14)50-57(2)85(56)58-27-38-67(39-28-58)98-81-55-70(97-77-23-17-19-25-82(77)99-83-26-20-18-24-78(83)97)54-80-86(81)94(88-87(98)73-51-63(91(9,10)11)37-48-84(73)100-88)76-47-45-69(95(65-40-33-59(34-41-65)89(3,4)5)66-42-35-60(36-43-66)90(6,7)8)53-79(76)96(80)68-44-46-72-71-21-15-16-22-74(71)93(75(72)52-68)61-29-30-62(93)32-31-61/h15-28,33-55,61-62H,29-32H2,1-14H3. The zero-order valence-electron chi connectivity index (χ0n) is 60.5. The fraction of sp³-hybridized carbons (Fsp3) is 0.269. The van der Waals surface area contributed by atoms with Crippen LogP contribution in [0.5, 0.6) is 11.5 Å². The predicted octanol–water partition coefficient (Wildman–Crippen LogP) is 24.6. The van der Waals surface area contributed by atoms with E-state index >= 15 is 0 Å². The van der Waals surface area contributed by atoms with E-state index in [0.29, 0.717) is 11.8 Å². The first-order valence-corrected chi connectivity index (χ1v) is 37.4. The Labute approximate surface area is 596 Å². The molecule has 0 amide bonds. The van der Waals surface area contributed by atoms with E-state index < -0.39 is 0 Å². The molecule has 4 heterocycles. The Morgan fingerprint density at radius 3 is 1.52 bits per heavy atom. The SMILES string of the molecule is Cc1cc(C(C)(C)C)cc(C)c1-c1ccc(N2c3cc(N4c5ccccc5Oc5ccccc54)cc4c3B(c3ccc(N(c5ccc(C(C)(C)C)cc5)c5ccc(C(C)(C)C)cc5)cc3N4c3ccc4c(c3)C3(c5ccccc5-4)C4CCC3CC4)c3sc4ccc(C(C)(C)C)cc4c32)cc1. The molecule has 0 unspecified atom stereocenters. The van der Waals surface area contributed by atoms with Crippen molar-refractivity contribution in [3.63, 3.8) is 0 Å². The fourth-order valence-electron chi connectivity index (χ4n) is 18.7. The molecule has 3 aliphatic heterocycles. The summed E-state index contributed by atoms with van der Waals surface area (Å²) in [6, 6.07) is 87.5. The van der Waals surface area contributed by atoms with Crippen molar-refractivity contribution in [2.75, 3.05) is 19.6 Å². The number of aryl methyl sites for hydroxylation is 2. The normalized spacial score (nSPS) is 17.8. The smallest absolute Gasteiger partial charge is 0.264 e. The van der Waals surface area contributed by atoms with Crippen LogP contribution in [0.4, 0.5) is 68.2 Å². The number of anilines is 12. The maximum atomic E-state index is 6.89. The lowest BCUT2D eigenvalue weighted by Gasteiger charge is -2.45. The Hall–Kier alpha value is -9.56. The van der Waals surface area contributed by atoms with Gasteiger partial charge in [-0.1, -0.05) is 198 Å². The molecule has 3 aliphatic carbocycles. The maximum Gasteiger partial charge on any atom is 0.264 e. The third-order valence-corrected chi connectivity index (χ3v) is 24.9. The molecular weight excluding hydrogens is 1230 g/mol. The van der Waals surface area contributed by atoms with Gasteiger partial charge in [-0.25, -0.2) is 0 Å². The summed E-state index contributed by atoms with van der Waals surface area (Å²) < 4.78 is 9.53. The third kappa shape index (κ3) is 9.53. The monoisotopic (exact) mass is 1320 g/mol. The summed E-state index contributed by atoms with van der Waals surface area (Å²) in [5, 5.41) is 1.28. The molecule has 2 saturated carbocycles. The Morgan fingerprint density at radius 1 is 0.420 bits per heavy atom. The van der Waals surface area contributed by atoms with Crippen LogP contribution in [0.25, 0.3) is 32.3 Å². The van der Waals surface area contributed by atoms with Gasteiger partial charge in [0.1, 0.15) is 0 Å². The lowest BCUT2D eigenvalue weighted by atomic mass is 9.36. The van der Waals surface area contributed by atoms with E-state index in [1.165, 1.54) is 141 Å². The summed E-state index contributed by atoms with van der Waals surface area (Å²) in [4.78, 5) is 10.4. The molecule has 0 radical (unpaired) electrons. The van der Waals surface area contributed by atoms with Gasteiger partial charge in [-0.3, -0.25) is 0 Å². The van der Waals surface area contributed by atoms with Gasteiger partial charge in [0.15, 0.2) is 11.5 Å². The number of rotatable bonds is 7. The summed E-state index contributed by atoms with van der Waals surface area (Å²) in [6.45, 7) is 32.3. The number of benzene rings is 11. The summed E-state index contributed by atoms with van der Waals surface area (Å²) in [5.41, 5.74) is 32.3. The van der Waals surface area contributed by atoms with Crippen molar-refractivity contribution in [1.82, 2.24) is 0 Å². The summed E-state index contributed by atoms with van der Waals surface area (Å²) >= 11 is 1.98. The highest BCUT2D eigenvalue weighted by Gasteiger charge is 2.60. The minimum Gasteiger partial charge on any atom is -0.453 e. The van der Waals surface area contributed by atoms with E-state index in [1.807, 2.05) is 11.3 Å². The Bertz CT molecular complexity index is 5190. The first-order chi connectivity index (χ1) is 47.9. The van der Waals surface area contributed by atoms with Gasteiger partial charge in [0.2, 0.25) is 0 Å². The first kappa shape index (κ1) is 62.7. The molecule has 2 bridgehead atoms. The molecule has 0 saturated heterocycles.